The zero-order chi connectivity index (χ0) is 11.4. The fourth-order valence-corrected chi connectivity index (χ4v) is 0.880. The second kappa shape index (κ2) is 16.6. The first-order chi connectivity index (χ1) is 6.50. The van der Waals surface area contributed by atoms with Crippen LogP contribution in [0.15, 0.2) is 0 Å². The molecule has 0 fully saturated rings. The molecular weight excluding hydrogens is 186 g/mol. The normalized spacial score (nSPS) is 8.20. The van der Waals surface area contributed by atoms with E-state index in [9.17, 15) is 4.79 Å². The molecule has 15 heavy (non-hydrogen) atoms. The van der Waals surface area contributed by atoms with Gasteiger partial charge in [-0.1, -0.05) is 32.6 Å². The minimum absolute atomic E-state index is 0. The molecule has 0 spiro atoms. The molecule has 0 rings (SSSR count). The van der Waals surface area contributed by atoms with Crippen molar-refractivity contribution in [2.24, 2.45) is 0 Å². The van der Waals surface area contributed by atoms with Gasteiger partial charge in [-0.3, -0.25) is 4.79 Å². The molecule has 80 valence electrons. The summed E-state index contributed by atoms with van der Waals surface area (Å²) in [6.45, 7) is 2.15. The first-order valence-electron chi connectivity index (χ1n) is 4.92. The molecule has 0 aliphatic carbocycles. The van der Waals surface area contributed by atoms with Gasteiger partial charge < -0.3 is 5.11 Å². The Labute approximate surface area is 112 Å². The number of rotatable bonds is 6. The topological polar surface area (TPSA) is 74.6 Å². The van der Waals surface area contributed by atoms with Gasteiger partial charge in [0.05, 0.1) is 0 Å². The predicted molar refractivity (Wildman–Crippen MR) is 61.9 cm³/mol. The Kier molecular flexibility index (Phi) is 22.7. The summed E-state index contributed by atoms with van der Waals surface area (Å²) >= 11 is 1.08. The molecule has 0 aliphatic heterocycles. The molecule has 0 aliphatic rings. The van der Waals surface area contributed by atoms with Crippen molar-refractivity contribution < 1.29 is 19.8 Å². The number of carboxylic acids is 1. The third-order valence-corrected chi connectivity index (χ3v) is 1.49. The van der Waals surface area contributed by atoms with Gasteiger partial charge in [0, 0.05) is 6.42 Å². The fourth-order valence-electron chi connectivity index (χ4n) is 0.880. The van der Waals surface area contributed by atoms with Gasteiger partial charge in [0.2, 0.25) is 0 Å². The first-order valence-corrected chi connectivity index (χ1v) is 4.92. The van der Waals surface area contributed by atoms with Crippen LogP contribution in [0.3, 0.4) is 0 Å². The predicted octanol–water partition coefficient (Wildman–Crippen LogP) is 1.62. The molecule has 0 saturated heterocycles. The number of carboxylic acid groups (broad SMARTS) is 2. The van der Waals surface area contributed by atoms with E-state index in [4.69, 9.17) is 15.0 Å². The molecule has 4 nitrogen and oxygen atoms in total. The Morgan fingerprint density at radius 3 is 1.80 bits per heavy atom. The summed E-state index contributed by atoms with van der Waals surface area (Å²) in [5, 5.41) is 15.7. The van der Waals surface area contributed by atoms with Gasteiger partial charge in [-0.2, -0.15) is 0 Å². The Hall–Kier alpha value is 0.135. The van der Waals surface area contributed by atoms with Crippen LogP contribution in [-0.2, 0) is 4.79 Å². The van der Waals surface area contributed by atoms with Crippen molar-refractivity contribution in [2.75, 3.05) is 0 Å². The summed E-state index contributed by atoms with van der Waals surface area (Å²) in [7, 11) is 0. The summed E-state index contributed by atoms with van der Waals surface area (Å²) in [6, 6.07) is 0. The van der Waals surface area contributed by atoms with Crippen molar-refractivity contribution in [3.63, 3.8) is 0 Å². The van der Waals surface area contributed by atoms with Gasteiger partial charge in [0.15, 0.2) is 0 Å². The van der Waals surface area contributed by atoms with Crippen LogP contribution in [0.1, 0.15) is 45.4 Å². The molecule has 0 aromatic heterocycles. The number of carbonyl (C=O) groups is 2. The SMILES string of the molecule is CCCCCCCC(=O)O.[LiH].[Li][C](=O)O. The van der Waals surface area contributed by atoms with Gasteiger partial charge in [-0.05, 0) is 6.42 Å². The third-order valence-electron chi connectivity index (χ3n) is 1.49. The van der Waals surface area contributed by atoms with E-state index >= 15 is 0 Å². The van der Waals surface area contributed by atoms with E-state index in [1.54, 1.807) is 0 Å². The van der Waals surface area contributed by atoms with Gasteiger partial charge in [-0.25, -0.2) is 0 Å². The Morgan fingerprint density at radius 1 is 1.07 bits per heavy atom. The molecule has 0 amide bonds. The average molecular weight is 204 g/mol. The van der Waals surface area contributed by atoms with E-state index in [0.717, 1.165) is 30.6 Å². The van der Waals surface area contributed by atoms with Crippen LogP contribution in [-0.4, -0.2) is 57.4 Å². The van der Waals surface area contributed by atoms with E-state index in [1.807, 2.05) is 0 Å². The van der Waals surface area contributed by atoms with Crippen LogP contribution in [0.25, 0.3) is 0 Å². The van der Waals surface area contributed by atoms with Crippen molar-refractivity contribution in [3.8, 4) is 0 Å². The maximum atomic E-state index is 10.0. The monoisotopic (exact) mass is 204 g/mol. The second-order valence-corrected chi connectivity index (χ2v) is 3.08. The quantitative estimate of drug-likeness (QED) is 0.509. The molecule has 0 saturated carbocycles. The number of hydrogen-bond acceptors (Lipinski definition) is 2. The van der Waals surface area contributed by atoms with Crippen molar-refractivity contribution in [3.05, 3.63) is 0 Å². The zero-order valence-electron chi connectivity index (χ0n) is 8.95. The summed E-state index contributed by atoms with van der Waals surface area (Å²) < 4.78 is -0.833. The molecule has 0 atom stereocenters. The molecule has 0 radical (unpaired) electrons. The van der Waals surface area contributed by atoms with E-state index in [2.05, 4.69) is 6.92 Å². The molecular formula is C9H18Li2O4. The average Bonchev–Trinajstić information content (AvgIpc) is 2.02. The molecule has 0 unspecified atom stereocenters. The fraction of sp³-hybridized carbons (Fsp3) is 0.778. The molecule has 2 N–H and O–H groups in total. The number of unbranched alkanes of at least 4 members (excludes halogenated alkanes) is 4. The van der Waals surface area contributed by atoms with Crippen LogP contribution in [0.2, 0.25) is 0 Å². The van der Waals surface area contributed by atoms with E-state index in [1.165, 1.54) is 19.3 Å². The van der Waals surface area contributed by atoms with Crippen molar-refractivity contribution in [1.82, 2.24) is 0 Å². The third kappa shape index (κ3) is 40.9. The maximum absolute atomic E-state index is 10.0. The summed E-state index contributed by atoms with van der Waals surface area (Å²) in [6.07, 6.45) is 5.88. The number of aliphatic carboxylic acids is 1. The first kappa shape index (κ1) is 20.5. The van der Waals surface area contributed by atoms with Crippen molar-refractivity contribution >= 4 is 47.2 Å². The van der Waals surface area contributed by atoms with Gasteiger partial charge >= 0.3 is 57.1 Å². The molecule has 0 aromatic carbocycles. The second-order valence-electron chi connectivity index (χ2n) is 3.08. The van der Waals surface area contributed by atoms with Gasteiger partial charge in [-0.15, -0.1) is 0 Å². The van der Waals surface area contributed by atoms with Crippen LogP contribution in [0.5, 0.6) is 0 Å². The zero-order valence-corrected chi connectivity index (χ0v) is 8.95. The Bertz CT molecular complexity index is 158. The molecule has 0 bridgehead atoms. The summed E-state index contributed by atoms with van der Waals surface area (Å²) in [5.41, 5.74) is 0. The Balaban J connectivity index is -0.000000249. The van der Waals surface area contributed by atoms with Crippen LogP contribution in [0, 0.1) is 0 Å². The van der Waals surface area contributed by atoms with Gasteiger partial charge in [0.25, 0.3) is 0 Å². The molecule has 0 heterocycles. The molecule has 6 heteroatoms. The van der Waals surface area contributed by atoms with E-state index in [0.29, 0.717) is 6.42 Å². The standard InChI is InChI=1S/C8H16O2.CHO2.2Li.H/c1-2-3-4-5-6-7-8(9)10;2-1-3;;;/h2-7H2,1H3,(H,9,10);(H,2,3);;;. The van der Waals surface area contributed by atoms with E-state index < -0.39 is 10.6 Å². The van der Waals surface area contributed by atoms with E-state index in [-0.39, 0.29) is 18.9 Å². The van der Waals surface area contributed by atoms with Crippen molar-refractivity contribution in [2.45, 2.75) is 45.4 Å². The van der Waals surface area contributed by atoms with Gasteiger partial charge in [0.1, 0.15) is 0 Å². The van der Waals surface area contributed by atoms with Crippen molar-refractivity contribution in [1.29, 1.82) is 0 Å². The number of hydrogen-bond donors (Lipinski definition) is 2. The molecule has 0 aromatic rings. The minimum atomic E-state index is -0.833. The summed E-state index contributed by atoms with van der Waals surface area (Å²) in [4.78, 5) is 19.0. The Morgan fingerprint density at radius 2 is 1.47 bits per heavy atom. The summed E-state index contributed by atoms with van der Waals surface area (Å²) in [5.74, 6) is -0.670. The van der Waals surface area contributed by atoms with Crippen LogP contribution >= 0.6 is 0 Å². The van der Waals surface area contributed by atoms with Crippen LogP contribution in [0.4, 0.5) is 4.79 Å². The van der Waals surface area contributed by atoms with Crippen LogP contribution < -0.4 is 0 Å².